The highest BCUT2D eigenvalue weighted by molar-refractivity contribution is 5.82. The lowest BCUT2D eigenvalue weighted by atomic mass is 10.1. The van der Waals surface area contributed by atoms with Crippen LogP contribution < -0.4 is 11.1 Å². The molecule has 1 aromatic carbocycles. The third-order valence-corrected chi connectivity index (χ3v) is 3.06. The van der Waals surface area contributed by atoms with Gasteiger partial charge in [0.2, 0.25) is 5.91 Å². The number of carbonyl (C=O) groups excluding carboxylic acids is 1. The highest BCUT2D eigenvalue weighted by Crippen LogP contribution is 2.34. The van der Waals surface area contributed by atoms with E-state index in [0.29, 0.717) is 6.42 Å². The van der Waals surface area contributed by atoms with Crippen molar-refractivity contribution in [2.75, 3.05) is 0 Å². The molecule has 0 heterocycles. The normalized spacial score (nSPS) is 18.9. The number of nitrogens with two attached hydrogens (primary N) is 1. The summed E-state index contributed by atoms with van der Waals surface area (Å²) in [6.45, 7) is 2.06. The second kappa shape index (κ2) is 4.26. The smallest absolute Gasteiger partial charge is 0.237 e. The topological polar surface area (TPSA) is 55.1 Å². The summed E-state index contributed by atoms with van der Waals surface area (Å²) >= 11 is 0. The zero-order valence-corrected chi connectivity index (χ0v) is 9.57. The molecule has 1 atom stereocenters. The van der Waals surface area contributed by atoms with Gasteiger partial charge in [-0.2, -0.15) is 0 Å². The summed E-state index contributed by atoms with van der Waals surface area (Å²) in [5.74, 6) is -0.0381. The molecular weight excluding hydrogens is 200 g/mol. The van der Waals surface area contributed by atoms with Crippen molar-refractivity contribution >= 4 is 5.91 Å². The molecule has 16 heavy (non-hydrogen) atoms. The Morgan fingerprint density at radius 2 is 2.06 bits per heavy atom. The molecule has 0 saturated heterocycles. The van der Waals surface area contributed by atoms with Gasteiger partial charge in [0, 0.05) is 5.54 Å². The SMILES string of the molecule is CC1(NC(=O)C(N)Cc2ccccc2)CC1. The van der Waals surface area contributed by atoms with Gasteiger partial charge in [-0.25, -0.2) is 0 Å². The number of rotatable bonds is 4. The lowest BCUT2D eigenvalue weighted by Gasteiger charge is -2.16. The number of amides is 1. The van der Waals surface area contributed by atoms with Gasteiger partial charge in [-0.1, -0.05) is 30.3 Å². The first-order valence-corrected chi connectivity index (χ1v) is 5.71. The van der Waals surface area contributed by atoms with Gasteiger partial charge in [0.05, 0.1) is 6.04 Å². The van der Waals surface area contributed by atoms with E-state index in [0.717, 1.165) is 18.4 Å². The fourth-order valence-electron chi connectivity index (χ4n) is 1.66. The summed E-state index contributed by atoms with van der Waals surface area (Å²) in [5, 5.41) is 2.99. The maximum atomic E-state index is 11.8. The van der Waals surface area contributed by atoms with Crippen molar-refractivity contribution in [1.82, 2.24) is 5.32 Å². The lowest BCUT2D eigenvalue weighted by Crippen LogP contribution is -2.46. The van der Waals surface area contributed by atoms with E-state index >= 15 is 0 Å². The maximum Gasteiger partial charge on any atom is 0.237 e. The Bertz CT molecular complexity index is 371. The largest absolute Gasteiger partial charge is 0.350 e. The Morgan fingerprint density at radius 3 is 2.62 bits per heavy atom. The van der Waals surface area contributed by atoms with Crippen molar-refractivity contribution in [3.05, 3.63) is 35.9 Å². The summed E-state index contributed by atoms with van der Waals surface area (Å²) < 4.78 is 0. The molecule has 1 unspecified atom stereocenters. The van der Waals surface area contributed by atoms with Gasteiger partial charge in [-0.05, 0) is 31.7 Å². The summed E-state index contributed by atoms with van der Waals surface area (Å²) in [6.07, 6.45) is 2.73. The van der Waals surface area contributed by atoms with Crippen LogP contribution in [0.1, 0.15) is 25.3 Å². The van der Waals surface area contributed by atoms with Crippen LogP contribution in [0.4, 0.5) is 0 Å². The van der Waals surface area contributed by atoms with E-state index in [1.54, 1.807) is 0 Å². The number of hydrogen-bond donors (Lipinski definition) is 2. The first kappa shape index (κ1) is 11.1. The third kappa shape index (κ3) is 2.83. The molecule has 1 amide bonds. The van der Waals surface area contributed by atoms with Gasteiger partial charge in [-0.3, -0.25) is 4.79 Å². The lowest BCUT2D eigenvalue weighted by molar-refractivity contribution is -0.123. The van der Waals surface area contributed by atoms with Crippen molar-refractivity contribution in [3.63, 3.8) is 0 Å². The molecule has 1 aliphatic carbocycles. The van der Waals surface area contributed by atoms with Crippen molar-refractivity contribution in [2.45, 2.75) is 37.8 Å². The molecule has 3 heteroatoms. The van der Waals surface area contributed by atoms with Crippen LogP contribution in [0, 0.1) is 0 Å². The first-order chi connectivity index (χ1) is 7.59. The maximum absolute atomic E-state index is 11.8. The molecule has 0 bridgehead atoms. The molecule has 3 nitrogen and oxygen atoms in total. The molecule has 1 fully saturated rings. The van der Waals surface area contributed by atoms with Gasteiger partial charge in [0.25, 0.3) is 0 Å². The van der Waals surface area contributed by atoms with Crippen LogP contribution in [0.25, 0.3) is 0 Å². The molecule has 2 rings (SSSR count). The van der Waals surface area contributed by atoms with E-state index in [-0.39, 0.29) is 11.4 Å². The predicted molar refractivity (Wildman–Crippen MR) is 63.9 cm³/mol. The third-order valence-electron chi connectivity index (χ3n) is 3.06. The van der Waals surface area contributed by atoms with Crippen LogP contribution in [0.2, 0.25) is 0 Å². The Morgan fingerprint density at radius 1 is 1.44 bits per heavy atom. The monoisotopic (exact) mass is 218 g/mol. The van der Waals surface area contributed by atoms with Crippen LogP contribution in [0.5, 0.6) is 0 Å². The van der Waals surface area contributed by atoms with Crippen LogP contribution in [-0.2, 0) is 11.2 Å². The van der Waals surface area contributed by atoms with Crippen molar-refractivity contribution in [3.8, 4) is 0 Å². The van der Waals surface area contributed by atoms with Crippen molar-refractivity contribution in [1.29, 1.82) is 0 Å². The van der Waals surface area contributed by atoms with E-state index in [1.165, 1.54) is 0 Å². The molecule has 1 aromatic rings. The Balaban J connectivity index is 1.88. The predicted octanol–water partition coefficient (Wildman–Crippen LogP) is 1.23. The number of nitrogens with one attached hydrogen (secondary N) is 1. The average Bonchev–Trinajstić information content (AvgIpc) is 2.97. The van der Waals surface area contributed by atoms with E-state index in [2.05, 4.69) is 12.2 Å². The van der Waals surface area contributed by atoms with Crippen molar-refractivity contribution < 1.29 is 4.79 Å². The van der Waals surface area contributed by atoms with Crippen LogP contribution >= 0.6 is 0 Å². The minimum atomic E-state index is -0.445. The number of benzene rings is 1. The summed E-state index contributed by atoms with van der Waals surface area (Å²) in [4.78, 5) is 11.8. The summed E-state index contributed by atoms with van der Waals surface area (Å²) in [7, 11) is 0. The zero-order chi connectivity index (χ0) is 11.6. The van der Waals surface area contributed by atoms with E-state index in [1.807, 2.05) is 30.3 Å². The van der Waals surface area contributed by atoms with Gasteiger partial charge < -0.3 is 11.1 Å². The molecule has 0 aliphatic heterocycles. The second-order valence-corrected chi connectivity index (χ2v) is 4.85. The van der Waals surface area contributed by atoms with Crippen LogP contribution in [0.15, 0.2) is 30.3 Å². The first-order valence-electron chi connectivity index (χ1n) is 5.71. The molecule has 0 spiro atoms. The Kier molecular flexibility index (Phi) is 2.97. The Hall–Kier alpha value is -1.35. The molecule has 1 saturated carbocycles. The molecule has 86 valence electrons. The average molecular weight is 218 g/mol. The zero-order valence-electron chi connectivity index (χ0n) is 9.57. The molecular formula is C13H18N2O. The van der Waals surface area contributed by atoms with Gasteiger partial charge >= 0.3 is 0 Å². The quantitative estimate of drug-likeness (QED) is 0.798. The van der Waals surface area contributed by atoms with Crippen LogP contribution in [-0.4, -0.2) is 17.5 Å². The minimum absolute atomic E-state index is 0.0192. The fourth-order valence-corrected chi connectivity index (χ4v) is 1.66. The van der Waals surface area contributed by atoms with E-state index < -0.39 is 6.04 Å². The highest BCUT2D eigenvalue weighted by Gasteiger charge is 2.39. The second-order valence-electron chi connectivity index (χ2n) is 4.85. The van der Waals surface area contributed by atoms with Gasteiger partial charge in [0.1, 0.15) is 0 Å². The van der Waals surface area contributed by atoms with Crippen molar-refractivity contribution in [2.24, 2.45) is 5.73 Å². The molecule has 3 N–H and O–H groups in total. The highest BCUT2D eigenvalue weighted by atomic mass is 16.2. The van der Waals surface area contributed by atoms with Gasteiger partial charge in [0.15, 0.2) is 0 Å². The van der Waals surface area contributed by atoms with E-state index in [9.17, 15) is 4.79 Å². The summed E-state index contributed by atoms with van der Waals surface area (Å²) in [5.41, 5.74) is 6.99. The standard InChI is InChI=1S/C13H18N2O/c1-13(7-8-13)15-12(16)11(14)9-10-5-3-2-4-6-10/h2-6,11H,7-9,14H2,1H3,(H,15,16). The Labute approximate surface area is 96.0 Å². The molecule has 0 aromatic heterocycles. The number of carbonyl (C=O) groups is 1. The molecule has 1 aliphatic rings. The van der Waals surface area contributed by atoms with E-state index in [4.69, 9.17) is 5.73 Å². The number of hydrogen-bond acceptors (Lipinski definition) is 2. The van der Waals surface area contributed by atoms with Gasteiger partial charge in [-0.15, -0.1) is 0 Å². The molecule has 0 radical (unpaired) electrons. The van der Waals surface area contributed by atoms with Crippen LogP contribution in [0.3, 0.4) is 0 Å². The minimum Gasteiger partial charge on any atom is -0.350 e. The summed E-state index contributed by atoms with van der Waals surface area (Å²) in [6, 6.07) is 9.42. The fraction of sp³-hybridized carbons (Fsp3) is 0.462.